The quantitative estimate of drug-likeness (QED) is 0.854. The molecular formula is C13H14FN3O2S. The first-order valence-corrected chi connectivity index (χ1v) is 7.09. The maximum absolute atomic E-state index is 14.1. The van der Waals surface area contributed by atoms with Gasteiger partial charge in [-0.25, -0.2) is 9.07 Å². The number of amides is 1. The average Bonchev–Trinajstić information content (AvgIpc) is 2.69. The third-order valence-corrected chi connectivity index (χ3v) is 3.62. The van der Waals surface area contributed by atoms with Crippen molar-refractivity contribution in [2.75, 3.05) is 11.6 Å². The second-order valence-corrected chi connectivity index (χ2v) is 5.14. The van der Waals surface area contributed by atoms with Gasteiger partial charge in [0.15, 0.2) is 0 Å². The van der Waals surface area contributed by atoms with E-state index in [1.807, 2.05) is 13.2 Å². The predicted octanol–water partition coefficient (Wildman–Crippen LogP) is 2.29. The highest BCUT2D eigenvalue weighted by Gasteiger charge is 2.14. The van der Waals surface area contributed by atoms with Crippen LogP contribution in [-0.4, -0.2) is 21.9 Å². The largest absolute Gasteiger partial charge is 0.311 e. The Morgan fingerprint density at radius 3 is 2.70 bits per heavy atom. The molecule has 0 radical (unpaired) electrons. The van der Waals surface area contributed by atoms with Gasteiger partial charge in [0.05, 0.1) is 0 Å². The van der Waals surface area contributed by atoms with Crippen molar-refractivity contribution >= 4 is 23.5 Å². The number of benzene rings is 1. The van der Waals surface area contributed by atoms with Crippen molar-refractivity contribution in [1.29, 1.82) is 0 Å². The first-order valence-electron chi connectivity index (χ1n) is 5.86. The van der Waals surface area contributed by atoms with E-state index in [2.05, 4.69) is 10.4 Å². The van der Waals surface area contributed by atoms with E-state index in [1.165, 1.54) is 35.5 Å². The van der Waals surface area contributed by atoms with Crippen molar-refractivity contribution in [3.05, 3.63) is 39.9 Å². The summed E-state index contributed by atoms with van der Waals surface area (Å²) in [4.78, 5) is 23.5. The van der Waals surface area contributed by atoms with Gasteiger partial charge < -0.3 is 5.32 Å². The zero-order chi connectivity index (χ0) is 14.9. The topological polar surface area (TPSA) is 66.9 Å². The SMILES string of the molecule is CSc1cc(-n2[nH]c(=O)cc2NC(C)=O)c(F)cc1C. The molecule has 1 heterocycles. The first kappa shape index (κ1) is 14.4. The molecule has 106 valence electrons. The Labute approximate surface area is 119 Å². The fourth-order valence-corrected chi connectivity index (χ4v) is 2.50. The zero-order valence-electron chi connectivity index (χ0n) is 11.3. The summed E-state index contributed by atoms with van der Waals surface area (Å²) >= 11 is 1.48. The Balaban J connectivity index is 2.62. The minimum absolute atomic E-state index is 0.186. The smallest absolute Gasteiger partial charge is 0.266 e. The van der Waals surface area contributed by atoms with E-state index in [1.54, 1.807) is 6.07 Å². The summed E-state index contributed by atoms with van der Waals surface area (Å²) in [6, 6.07) is 4.24. The second-order valence-electron chi connectivity index (χ2n) is 4.30. The summed E-state index contributed by atoms with van der Waals surface area (Å²) in [5.74, 6) is -0.605. The van der Waals surface area contributed by atoms with Gasteiger partial charge in [-0.15, -0.1) is 11.8 Å². The summed E-state index contributed by atoms with van der Waals surface area (Å²) in [5.41, 5.74) is 0.583. The van der Waals surface area contributed by atoms with Crippen molar-refractivity contribution < 1.29 is 9.18 Å². The molecule has 0 atom stereocenters. The van der Waals surface area contributed by atoms with E-state index in [0.717, 1.165) is 10.5 Å². The molecule has 1 amide bonds. The minimum Gasteiger partial charge on any atom is -0.311 e. The maximum Gasteiger partial charge on any atom is 0.266 e. The maximum atomic E-state index is 14.1. The molecule has 20 heavy (non-hydrogen) atoms. The van der Waals surface area contributed by atoms with E-state index < -0.39 is 11.4 Å². The normalized spacial score (nSPS) is 10.6. The number of hydrogen-bond acceptors (Lipinski definition) is 3. The van der Waals surface area contributed by atoms with Crippen molar-refractivity contribution in [2.24, 2.45) is 0 Å². The van der Waals surface area contributed by atoms with Crippen molar-refractivity contribution in [3.63, 3.8) is 0 Å². The number of nitrogens with one attached hydrogen (secondary N) is 2. The van der Waals surface area contributed by atoms with Crippen LogP contribution in [0, 0.1) is 12.7 Å². The molecule has 0 bridgehead atoms. The van der Waals surface area contributed by atoms with E-state index in [4.69, 9.17) is 0 Å². The fourth-order valence-electron chi connectivity index (χ4n) is 1.89. The van der Waals surface area contributed by atoms with Crippen LogP contribution < -0.4 is 10.9 Å². The Hall–Kier alpha value is -2.02. The monoisotopic (exact) mass is 295 g/mol. The minimum atomic E-state index is -0.473. The number of thioether (sulfide) groups is 1. The van der Waals surface area contributed by atoms with E-state index in [9.17, 15) is 14.0 Å². The zero-order valence-corrected chi connectivity index (χ0v) is 12.1. The van der Waals surface area contributed by atoms with Crippen LogP contribution in [0.15, 0.2) is 27.9 Å². The van der Waals surface area contributed by atoms with Crippen molar-refractivity contribution in [1.82, 2.24) is 9.78 Å². The average molecular weight is 295 g/mol. The van der Waals surface area contributed by atoms with Crippen LogP contribution in [-0.2, 0) is 4.79 Å². The molecule has 0 aliphatic rings. The molecule has 2 rings (SSSR count). The van der Waals surface area contributed by atoms with Crippen LogP contribution in [0.1, 0.15) is 12.5 Å². The molecule has 0 saturated heterocycles. The molecule has 0 aliphatic heterocycles. The van der Waals surface area contributed by atoms with E-state index in [0.29, 0.717) is 0 Å². The molecule has 1 aromatic heterocycles. The standard InChI is InChI=1S/C13H14FN3O2S/c1-7-4-9(14)10(5-11(7)20-3)17-12(15-8(2)18)6-13(19)16-17/h4-6H,1-3H3,(H,15,18)(H,16,19). The van der Waals surface area contributed by atoms with Gasteiger partial charge >= 0.3 is 0 Å². The number of carbonyl (C=O) groups excluding carboxylic acids is 1. The highest BCUT2D eigenvalue weighted by molar-refractivity contribution is 7.98. The number of aryl methyl sites for hydroxylation is 1. The van der Waals surface area contributed by atoms with E-state index >= 15 is 0 Å². The number of hydrogen-bond donors (Lipinski definition) is 2. The van der Waals surface area contributed by atoms with E-state index in [-0.39, 0.29) is 17.4 Å². The van der Waals surface area contributed by atoms with Crippen LogP contribution in [0.4, 0.5) is 10.2 Å². The Bertz CT molecular complexity index is 721. The molecular weight excluding hydrogens is 281 g/mol. The summed E-state index contributed by atoms with van der Waals surface area (Å²) < 4.78 is 15.3. The number of aromatic nitrogens is 2. The summed E-state index contributed by atoms with van der Waals surface area (Å²) in [6.07, 6.45) is 1.89. The molecule has 0 saturated carbocycles. The lowest BCUT2D eigenvalue weighted by Gasteiger charge is -2.12. The number of rotatable bonds is 3. The third kappa shape index (κ3) is 2.77. The Morgan fingerprint density at radius 2 is 2.10 bits per heavy atom. The lowest BCUT2D eigenvalue weighted by molar-refractivity contribution is -0.114. The molecule has 5 nitrogen and oxygen atoms in total. The van der Waals surface area contributed by atoms with Crippen LogP contribution >= 0.6 is 11.8 Å². The number of halogens is 1. The highest BCUT2D eigenvalue weighted by atomic mass is 32.2. The predicted molar refractivity (Wildman–Crippen MR) is 77.2 cm³/mol. The molecule has 0 spiro atoms. The van der Waals surface area contributed by atoms with Crippen LogP contribution in [0.5, 0.6) is 0 Å². The molecule has 7 heteroatoms. The number of anilines is 1. The van der Waals surface area contributed by atoms with Gasteiger partial charge in [-0.3, -0.25) is 14.7 Å². The lowest BCUT2D eigenvalue weighted by Crippen LogP contribution is -2.12. The first-order chi connectivity index (χ1) is 9.42. The summed E-state index contributed by atoms with van der Waals surface area (Å²) in [5, 5.41) is 4.97. The van der Waals surface area contributed by atoms with Gasteiger partial charge in [0.2, 0.25) is 5.91 Å². The van der Waals surface area contributed by atoms with Gasteiger partial charge in [0, 0.05) is 17.9 Å². The van der Waals surface area contributed by atoms with Gasteiger partial charge in [0.1, 0.15) is 17.3 Å². The number of nitrogens with zero attached hydrogens (tertiary/aromatic N) is 1. The lowest BCUT2D eigenvalue weighted by atomic mass is 10.2. The fraction of sp³-hybridized carbons (Fsp3) is 0.231. The second kappa shape index (κ2) is 5.54. The summed E-state index contributed by atoms with van der Waals surface area (Å²) in [6.45, 7) is 3.13. The molecule has 2 N–H and O–H groups in total. The number of aromatic amines is 1. The Morgan fingerprint density at radius 1 is 1.40 bits per heavy atom. The molecule has 1 aromatic carbocycles. The number of carbonyl (C=O) groups is 1. The van der Waals surface area contributed by atoms with Gasteiger partial charge in [-0.1, -0.05) is 0 Å². The molecule has 0 fully saturated rings. The van der Waals surface area contributed by atoms with Gasteiger partial charge in [-0.2, -0.15) is 0 Å². The molecule has 0 aliphatic carbocycles. The van der Waals surface area contributed by atoms with Crippen molar-refractivity contribution in [2.45, 2.75) is 18.7 Å². The molecule has 2 aromatic rings. The third-order valence-electron chi connectivity index (χ3n) is 2.74. The Kier molecular flexibility index (Phi) is 3.99. The molecule has 0 unspecified atom stereocenters. The highest BCUT2D eigenvalue weighted by Crippen LogP contribution is 2.26. The summed E-state index contributed by atoms with van der Waals surface area (Å²) in [7, 11) is 0. The van der Waals surface area contributed by atoms with Crippen LogP contribution in [0.3, 0.4) is 0 Å². The van der Waals surface area contributed by atoms with Crippen molar-refractivity contribution in [3.8, 4) is 5.69 Å². The van der Waals surface area contributed by atoms with Crippen LogP contribution in [0.2, 0.25) is 0 Å². The van der Waals surface area contributed by atoms with Gasteiger partial charge in [0.25, 0.3) is 5.56 Å². The van der Waals surface area contributed by atoms with Gasteiger partial charge in [-0.05, 0) is 30.9 Å². The van der Waals surface area contributed by atoms with Crippen LogP contribution in [0.25, 0.3) is 5.69 Å². The number of H-pyrrole nitrogens is 1.